The first-order chi connectivity index (χ1) is 13.7. The van der Waals surface area contributed by atoms with Crippen molar-refractivity contribution in [1.82, 2.24) is 4.98 Å². The van der Waals surface area contributed by atoms with Crippen molar-refractivity contribution in [2.24, 2.45) is 0 Å². The molecular weight excluding hydrogens is 358 g/mol. The summed E-state index contributed by atoms with van der Waals surface area (Å²) in [7, 11) is 0. The highest BCUT2D eigenvalue weighted by Gasteiger charge is 2.27. The molecule has 0 radical (unpaired) electrons. The monoisotopic (exact) mass is 377 g/mol. The Balaban J connectivity index is 1.57. The summed E-state index contributed by atoms with van der Waals surface area (Å²) in [5.41, 5.74) is 2.77. The topological polar surface area (TPSA) is 84.7 Å². The Morgan fingerprint density at radius 1 is 1.25 bits per heavy atom. The minimum atomic E-state index is -0.321. The lowest BCUT2D eigenvalue weighted by Crippen LogP contribution is -2.28. The molecule has 2 amide bonds. The van der Waals surface area contributed by atoms with Crippen LogP contribution in [-0.4, -0.2) is 29.9 Å². The van der Waals surface area contributed by atoms with Crippen LogP contribution in [0.15, 0.2) is 59.3 Å². The van der Waals surface area contributed by atoms with Gasteiger partial charge in [0.05, 0.1) is 12.9 Å². The Hall–Kier alpha value is -3.61. The van der Waals surface area contributed by atoms with Crippen LogP contribution in [0.2, 0.25) is 0 Å². The minimum Gasteiger partial charge on any atom is -0.477 e. The number of nitrogens with zero attached hydrogens (tertiary/aromatic N) is 2. The number of carbonyl (C=O) groups is 2. The van der Waals surface area contributed by atoms with E-state index in [4.69, 9.17) is 9.15 Å². The molecule has 0 bridgehead atoms. The number of amides is 2. The number of benzene rings is 1. The van der Waals surface area contributed by atoms with E-state index < -0.39 is 0 Å². The molecule has 0 unspecified atom stereocenters. The quantitative estimate of drug-likeness (QED) is 0.735. The first-order valence-electron chi connectivity index (χ1n) is 9.05. The predicted octanol–water partition coefficient (Wildman–Crippen LogP) is 3.53. The van der Waals surface area contributed by atoms with Crippen molar-refractivity contribution in [3.8, 4) is 5.88 Å². The molecule has 2 aromatic heterocycles. The van der Waals surface area contributed by atoms with Crippen LogP contribution in [0.3, 0.4) is 0 Å². The summed E-state index contributed by atoms with van der Waals surface area (Å²) in [6, 6.07) is 12.2. The van der Waals surface area contributed by atoms with Crippen molar-refractivity contribution < 1.29 is 18.7 Å². The molecule has 0 atom stereocenters. The van der Waals surface area contributed by atoms with Gasteiger partial charge in [-0.2, -0.15) is 0 Å². The summed E-state index contributed by atoms with van der Waals surface area (Å²) < 4.78 is 10.7. The van der Waals surface area contributed by atoms with E-state index in [1.807, 2.05) is 19.1 Å². The van der Waals surface area contributed by atoms with E-state index in [1.165, 1.54) is 6.26 Å². The van der Waals surface area contributed by atoms with Gasteiger partial charge in [0.25, 0.3) is 11.8 Å². The first-order valence-corrected chi connectivity index (χ1v) is 9.05. The van der Waals surface area contributed by atoms with Gasteiger partial charge in [-0.05, 0) is 55.3 Å². The second kappa shape index (κ2) is 7.56. The molecule has 1 N–H and O–H groups in total. The summed E-state index contributed by atoms with van der Waals surface area (Å²) in [5, 5.41) is 2.86. The Morgan fingerprint density at radius 3 is 2.93 bits per heavy atom. The van der Waals surface area contributed by atoms with E-state index in [0.29, 0.717) is 36.0 Å². The Labute approximate surface area is 161 Å². The summed E-state index contributed by atoms with van der Waals surface area (Å²) in [6.07, 6.45) is 3.81. The average molecular weight is 377 g/mol. The molecule has 1 aliphatic heterocycles. The zero-order chi connectivity index (χ0) is 19.5. The maximum Gasteiger partial charge on any atom is 0.293 e. The Kier molecular flexibility index (Phi) is 4.80. The van der Waals surface area contributed by atoms with Crippen molar-refractivity contribution >= 4 is 23.2 Å². The van der Waals surface area contributed by atoms with E-state index in [1.54, 1.807) is 41.4 Å². The molecule has 3 aromatic rings. The van der Waals surface area contributed by atoms with Crippen molar-refractivity contribution in [2.45, 2.75) is 13.3 Å². The second-order valence-corrected chi connectivity index (χ2v) is 6.27. The van der Waals surface area contributed by atoms with Gasteiger partial charge in [0.2, 0.25) is 5.88 Å². The van der Waals surface area contributed by atoms with Crippen LogP contribution in [0.5, 0.6) is 5.88 Å². The number of pyridine rings is 1. The molecule has 142 valence electrons. The molecule has 0 saturated heterocycles. The fourth-order valence-electron chi connectivity index (χ4n) is 3.21. The smallest absolute Gasteiger partial charge is 0.293 e. The number of nitrogens with one attached hydrogen (secondary N) is 1. The largest absolute Gasteiger partial charge is 0.477 e. The number of rotatable bonds is 5. The van der Waals surface area contributed by atoms with E-state index in [2.05, 4.69) is 10.3 Å². The third-order valence-corrected chi connectivity index (χ3v) is 4.51. The number of anilines is 2. The molecule has 7 nitrogen and oxygen atoms in total. The molecule has 0 aliphatic carbocycles. The van der Waals surface area contributed by atoms with E-state index in [9.17, 15) is 9.59 Å². The van der Waals surface area contributed by atoms with E-state index >= 15 is 0 Å². The van der Waals surface area contributed by atoms with Gasteiger partial charge in [-0.1, -0.05) is 6.07 Å². The number of ether oxygens (including phenoxy) is 1. The van der Waals surface area contributed by atoms with Gasteiger partial charge >= 0.3 is 0 Å². The minimum absolute atomic E-state index is 0.196. The van der Waals surface area contributed by atoms with Gasteiger partial charge in [-0.3, -0.25) is 9.59 Å². The fraction of sp³-hybridized carbons (Fsp3) is 0.190. The van der Waals surface area contributed by atoms with Crippen LogP contribution < -0.4 is 15.0 Å². The molecule has 0 spiro atoms. The molecule has 28 heavy (non-hydrogen) atoms. The lowest BCUT2D eigenvalue weighted by Gasteiger charge is -2.17. The standard InChI is InChI=1S/C21H19N3O4/c1-2-27-20-16(5-3-10-22-20)19(25)23-15-8-7-14-9-11-24(17(14)13-15)21(26)18-6-4-12-28-18/h3-8,10,12-13H,2,9,11H2,1H3,(H,23,25). The molecule has 0 fully saturated rings. The van der Waals surface area contributed by atoms with Crippen LogP contribution in [-0.2, 0) is 6.42 Å². The van der Waals surface area contributed by atoms with Gasteiger partial charge in [-0.15, -0.1) is 0 Å². The highest BCUT2D eigenvalue weighted by molar-refractivity contribution is 6.08. The number of hydrogen-bond donors (Lipinski definition) is 1. The molecule has 1 aliphatic rings. The number of carbonyl (C=O) groups excluding carboxylic acids is 2. The zero-order valence-corrected chi connectivity index (χ0v) is 15.3. The normalized spacial score (nSPS) is 12.5. The van der Waals surface area contributed by atoms with Crippen LogP contribution >= 0.6 is 0 Å². The van der Waals surface area contributed by atoms with Crippen molar-refractivity contribution in [3.05, 3.63) is 71.8 Å². The first kappa shape index (κ1) is 17.8. The van der Waals surface area contributed by atoms with Gasteiger partial charge in [-0.25, -0.2) is 4.98 Å². The maximum absolute atomic E-state index is 12.7. The molecule has 3 heterocycles. The molecule has 1 aromatic carbocycles. The number of furan rings is 1. The summed E-state index contributed by atoms with van der Waals surface area (Å²) in [5.74, 6) is 0.0637. The maximum atomic E-state index is 12.7. The number of fused-ring (bicyclic) bond motifs is 1. The SMILES string of the molecule is CCOc1ncccc1C(=O)Nc1ccc2c(c1)N(C(=O)c1ccco1)CC2. The van der Waals surface area contributed by atoms with E-state index in [-0.39, 0.29) is 11.8 Å². The summed E-state index contributed by atoms with van der Waals surface area (Å²) in [6.45, 7) is 2.82. The van der Waals surface area contributed by atoms with Crippen molar-refractivity contribution in [1.29, 1.82) is 0 Å². The second-order valence-electron chi connectivity index (χ2n) is 6.27. The molecule has 4 rings (SSSR count). The molecule has 7 heteroatoms. The van der Waals surface area contributed by atoms with Crippen LogP contribution in [0, 0.1) is 0 Å². The third kappa shape index (κ3) is 3.34. The lowest BCUT2D eigenvalue weighted by molar-refractivity contribution is 0.0962. The van der Waals surface area contributed by atoms with E-state index in [0.717, 1.165) is 17.7 Å². The Morgan fingerprint density at radius 2 is 2.14 bits per heavy atom. The van der Waals surface area contributed by atoms with Crippen molar-refractivity contribution in [3.63, 3.8) is 0 Å². The third-order valence-electron chi connectivity index (χ3n) is 4.51. The van der Waals surface area contributed by atoms with Crippen LogP contribution in [0.1, 0.15) is 33.4 Å². The van der Waals surface area contributed by atoms with Crippen LogP contribution in [0.25, 0.3) is 0 Å². The number of aromatic nitrogens is 1. The average Bonchev–Trinajstić information content (AvgIpc) is 3.38. The molecule has 0 saturated carbocycles. The predicted molar refractivity (Wildman–Crippen MR) is 104 cm³/mol. The van der Waals surface area contributed by atoms with Gasteiger partial charge in [0.1, 0.15) is 5.56 Å². The molecular formula is C21H19N3O4. The highest BCUT2D eigenvalue weighted by atomic mass is 16.5. The van der Waals surface area contributed by atoms with Gasteiger partial charge in [0.15, 0.2) is 5.76 Å². The zero-order valence-electron chi connectivity index (χ0n) is 15.3. The Bertz CT molecular complexity index is 1010. The number of hydrogen-bond acceptors (Lipinski definition) is 5. The van der Waals surface area contributed by atoms with Gasteiger partial charge < -0.3 is 19.4 Å². The van der Waals surface area contributed by atoms with Crippen LogP contribution in [0.4, 0.5) is 11.4 Å². The van der Waals surface area contributed by atoms with Crippen molar-refractivity contribution in [2.75, 3.05) is 23.4 Å². The fourth-order valence-corrected chi connectivity index (χ4v) is 3.21. The van der Waals surface area contributed by atoms with Gasteiger partial charge in [0, 0.05) is 24.1 Å². The summed E-state index contributed by atoms with van der Waals surface area (Å²) >= 11 is 0. The highest BCUT2D eigenvalue weighted by Crippen LogP contribution is 2.32. The summed E-state index contributed by atoms with van der Waals surface area (Å²) in [4.78, 5) is 31.1. The lowest BCUT2D eigenvalue weighted by atomic mass is 10.1.